The van der Waals surface area contributed by atoms with E-state index in [0.29, 0.717) is 12.1 Å². The van der Waals surface area contributed by atoms with Crippen LogP contribution in [-0.4, -0.2) is 48.7 Å². The molecule has 2 aliphatic rings. The summed E-state index contributed by atoms with van der Waals surface area (Å²) in [5.41, 5.74) is 0.841. The average Bonchev–Trinajstić information content (AvgIpc) is 2.77. The molecule has 3 rings (SSSR count). The smallest absolute Gasteiger partial charge is 0.316 e. The van der Waals surface area contributed by atoms with Gasteiger partial charge in [-0.1, -0.05) is 30.3 Å². The number of piperidine rings is 1. The number of esters is 1. The highest BCUT2D eigenvalue weighted by molar-refractivity contribution is 5.79. The molecule has 0 aliphatic carbocycles. The third-order valence-corrected chi connectivity index (χ3v) is 5.22. The van der Waals surface area contributed by atoms with Gasteiger partial charge in [0.1, 0.15) is 12.0 Å². The lowest BCUT2D eigenvalue weighted by molar-refractivity contribution is -0.156. The topological polar surface area (TPSA) is 49.8 Å². The summed E-state index contributed by atoms with van der Waals surface area (Å²) in [6.45, 7) is 1.74. The van der Waals surface area contributed by atoms with Crippen LogP contribution in [0.3, 0.4) is 0 Å². The molecule has 4 nitrogen and oxygen atoms in total. The highest BCUT2D eigenvalue weighted by Crippen LogP contribution is 2.36. The van der Waals surface area contributed by atoms with E-state index in [2.05, 4.69) is 17.1 Å². The van der Waals surface area contributed by atoms with E-state index in [1.165, 1.54) is 12.8 Å². The lowest BCUT2D eigenvalue weighted by Gasteiger charge is -2.36. The first kappa shape index (κ1) is 14.2. The van der Waals surface area contributed by atoms with E-state index in [-0.39, 0.29) is 12.1 Å². The Balaban J connectivity index is 1.70. The SMILES string of the molecule is [2H]OC(C)C(C(=O)OC1CC2CC[C@H](C1)N2C)c1ccccc1. The lowest BCUT2D eigenvalue weighted by atomic mass is 9.94. The van der Waals surface area contributed by atoms with Crippen molar-refractivity contribution in [2.45, 2.75) is 62.8 Å². The molecule has 1 aromatic rings. The molecule has 4 heteroatoms. The molecule has 22 heavy (non-hydrogen) atoms. The maximum Gasteiger partial charge on any atom is 0.316 e. The van der Waals surface area contributed by atoms with E-state index in [4.69, 9.17) is 6.17 Å². The summed E-state index contributed by atoms with van der Waals surface area (Å²) in [5, 5.41) is 4.69. The Morgan fingerprint density at radius 3 is 2.55 bits per heavy atom. The van der Waals surface area contributed by atoms with Crippen molar-refractivity contribution < 1.29 is 14.6 Å². The van der Waals surface area contributed by atoms with Gasteiger partial charge in [-0.2, -0.15) is 0 Å². The van der Waals surface area contributed by atoms with Gasteiger partial charge in [0.25, 0.3) is 0 Å². The molecule has 2 bridgehead atoms. The first-order valence-corrected chi connectivity index (χ1v) is 8.19. The molecule has 1 aromatic carbocycles. The van der Waals surface area contributed by atoms with Gasteiger partial charge in [-0.3, -0.25) is 4.79 Å². The largest absolute Gasteiger partial charge is 0.462 e. The molecule has 4 unspecified atom stereocenters. The Hall–Kier alpha value is -1.39. The first-order chi connectivity index (χ1) is 11.1. The molecular formula is C18H25NO3. The number of carbonyl (C=O) groups excluding carboxylic acids is 1. The zero-order valence-corrected chi connectivity index (χ0v) is 13.3. The predicted molar refractivity (Wildman–Crippen MR) is 84.6 cm³/mol. The molecular weight excluding hydrogens is 278 g/mol. The van der Waals surface area contributed by atoms with Gasteiger partial charge in [0.05, 0.1) is 6.10 Å². The number of hydrogen-bond donors (Lipinski definition) is 1. The zero-order chi connectivity index (χ0) is 16.4. The lowest BCUT2D eigenvalue weighted by Crippen LogP contribution is -2.44. The third kappa shape index (κ3) is 3.03. The molecule has 0 spiro atoms. The van der Waals surface area contributed by atoms with Gasteiger partial charge in [-0.15, -0.1) is 0 Å². The number of carbonyl (C=O) groups is 1. The number of aliphatic hydroxyl groups excluding tert-OH is 1. The molecule has 2 aliphatic heterocycles. The maximum atomic E-state index is 12.7. The maximum absolute atomic E-state index is 12.7. The minimum atomic E-state index is -0.550. The van der Waals surface area contributed by atoms with Crippen LogP contribution >= 0.6 is 0 Å². The molecule has 2 heterocycles. The summed E-state index contributed by atoms with van der Waals surface area (Å²) in [4.78, 5) is 15.2. The van der Waals surface area contributed by atoms with Crippen molar-refractivity contribution in [2.24, 2.45) is 0 Å². The number of hydrogen-bond acceptors (Lipinski definition) is 4. The summed E-state index contributed by atoms with van der Waals surface area (Å²) < 4.78 is 13.0. The van der Waals surface area contributed by atoms with Crippen LogP contribution in [0.2, 0.25) is 0 Å². The van der Waals surface area contributed by atoms with Crippen LogP contribution in [0, 0.1) is 0 Å². The highest BCUT2D eigenvalue weighted by Gasteiger charge is 2.40. The Kier molecular flexibility index (Phi) is 4.13. The number of rotatable bonds is 5. The Morgan fingerprint density at radius 2 is 1.95 bits per heavy atom. The van der Waals surface area contributed by atoms with Crippen molar-refractivity contribution >= 4 is 5.97 Å². The van der Waals surface area contributed by atoms with Crippen molar-refractivity contribution in [2.75, 3.05) is 7.05 Å². The Morgan fingerprint density at radius 1 is 1.32 bits per heavy atom. The van der Waals surface area contributed by atoms with E-state index in [1.54, 1.807) is 6.92 Å². The zero-order valence-electron chi connectivity index (χ0n) is 14.3. The van der Waals surface area contributed by atoms with Gasteiger partial charge in [-0.25, -0.2) is 0 Å². The molecule has 0 radical (unpaired) electrons. The van der Waals surface area contributed by atoms with E-state index >= 15 is 0 Å². The van der Waals surface area contributed by atoms with Crippen molar-refractivity contribution in [1.82, 2.24) is 4.90 Å². The fourth-order valence-electron chi connectivity index (χ4n) is 3.95. The van der Waals surface area contributed by atoms with Crippen LogP contribution in [0.25, 0.3) is 0 Å². The molecule has 0 aromatic heterocycles. The minimum absolute atomic E-state index is 0.0136. The quantitative estimate of drug-likeness (QED) is 0.848. The molecule has 2 fully saturated rings. The van der Waals surface area contributed by atoms with Gasteiger partial charge in [0.2, 0.25) is 1.43 Å². The van der Waals surface area contributed by atoms with Crippen LogP contribution in [0.4, 0.5) is 0 Å². The minimum Gasteiger partial charge on any atom is -0.462 e. The third-order valence-electron chi connectivity index (χ3n) is 5.22. The fraction of sp³-hybridized carbons (Fsp3) is 0.611. The van der Waals surface area contributed by atoms with Gasteiger partial charge in [0, 0.05) is 12.1 Å². The number of fused-ring (bicyclic) bond motifs is 2. The van der Waals surface area contributed by atoms with E-state index < -0.39 is 12.0 Å². The second-order valence-corrected chi connectivity index (χ2v) is 6.67. The molecule has 1 N–H and O–H groups in total. The predicted octanol–water partition coefficient (Wildman–Crippen LogP) is 2.32. The van der Waals surface area contributed by atoms with Crippen LogP contribution in [0.5, 0.6) is 0 Å². The van der Waals surface area contributed by atoms with E-state index in [0.717, 1.165) is 18.4 Å². The number of aliphatic hydroxyl groups is 1. The second kappa shape index (κ2) is 6.39. The van der Waals surface area contributed by atoms with Crippen molar-refractivity contribution in [3.63, 3.8) is 0 Å². The summed E-state index contributed by atoms with van der Waals surface area (Å²) >= 11 is 0. The Labute approximate surface area is 133 Å². The molecule has 2 saturated heterocycles. The molecule has 0 saturated carbocycles. The summed E-state index contributed by atoms with van der Waals surface area (Å²) in [6, 6.07) is 10.5. The van der Waals surface area contributed by atoms with Gasteiger partial charge in [0.15, 0.2) is 0 Å². The number of ether oxygens (including phenoxy) is 1. The average molecular weight is 304 g/mol. The number of benzene rings is 1. The Bertz CT molecular complexity index is 524. The van der Waals surface area contributed by atoms with Crippen LogP contribution < -0.4 is 0 Å². The van der Waals surface area contributed by atoms with E-state index in [1.807, 2.05) is 30.3 Å². The van der Waals surface area contributed by atoms with Crippen molar-refractivity contribution in [1.29, 1.82) is 1.43 Å². The summed E-state index contributed by atoms with van der Waals surface area (Å²) in [7, 11) is 2.17. The highest BCUT2D eigenvalue weighted by atomic mass is 16.5. The van der Waals surface area contributed by atoms with Gasteiger partial charge in [-0.05, 0) is 45.2 Å². The van der Waals surface area contributed by atoms with Crippen molar-refractivity contribution in [3.05, 3.63) is 35.9 Å². The fourth-order valence-corrected chi connectivity index (χ4v) is 3.95. The second-order valence-electron chi connectivity index (χ2n) is 6.67. The number of nitrogens with zero attached hydrogens (tertiary/aromatic N) is 1. The van der Waals surface area contributed by atoms with Crippen LogP contribution in [-0.2, 0) is 9.53 Å². The molecule has 0 amide bonds. The van der Waals surface area contributed by atoms with Crippen LogP contribution in [0.15, 0.2) is 30.3 Å². The standard InChI is InChI=1S/C18H25NO3/c1-12(20)17(13-6-4-3-5-7-13)18(21)22-16-10-14-8-9-15(11-16)19(14)2/h3-7,12,14-17,20H,8-11H2,1-2H3/t12?,14-,15?,16?,17?/m1/s1/i20D. The monoisotopic (exact) mass is 304 g/mol. The molecule has 120 valence electrons. The van der Waals surface area contributed by atoms with Crippen molar-refractivity contribution in [3.8, 4) is 0 Å². The first-order valence-electron chi connectivity index (χ1n) is 8.60. The molecule has 5 atom stereocenters. The normalized spacial score (nSPS) is 31.4. The van der Waals surface area contributed by atoms with E-state index in [9.17, 15) is 4.79 Å². The summed E-state index contributed by atoms with van der Waals surface area (Å²) in [5.74, 6) is -0.823. The van der Waals surface area contributed by atoms with Gasteiger partial charge >= 0.3 is 5.97 Å². The van der Waals surface area contributed by atoms with Gasteiger partial charge < -0.3 is 14.7 Å². The summed E-state index contributed by atoms with van der Waals surface area (Å²) in [6.07, 6.45) is 3.67. The van der Waals surface area contributed by atoms with Crippen LogP contribution in [0.1, 0.15) is 44.1 Å².